The minimum Gasteiger partial charge on any atom is -0.212 e. The van der Waals surface area contributed by atoms with E-state index in [2.05, 4.69) is 20.7 Å². The zero-order chi connectivity index (χ0) is 11.5. The largest absolute Gasteiger partial charge is 0.212 e. The fraction of sp³-hybridized carbons (Fsp3) is 0.400. The van der Waals surface area contributed by atoms with Gasteiger partial charge in [0.15, 0.2) is 0 Å². The number of sulfonamides is 1. The smallest absolute Gasteiger partial charge is 0.211 e. The quantitative estimate of drug-likeness (QED) is 0.926. The minimum absolute atomic E-state index is 0.0990. The molecule has 0 saturated heterocycles. The monoisotopic (exact) mass is 291 g/mol. The van der Waals surface area contributed by atoms with Gasteiger partial charge in [0.05, 0.1) is 5.75 Å². The molecule has 0 aliphatic rings. The molecule has 0 saturated carbocycles. The van der Waals surface area contributed by atoms with Gasteiger partial charge in [-0.05, 0) is 25.5 Å². The fourth-order valence-corrected chi connectivity index (χ4v) is 2.70. The molecule has 1 N–H and O–H groups in total. The number of rotatable bonds is 4. The number of nitrogens with one attached hydrogen (secondary N) is 1. The summed E-state index contributed by atoms with van der Waals surface area (Å²) in [6.45, 7) is 3.45. The molecule has 3 nitrogen and oxygen atoms in total. The molecular weight excluding hydrogens is 278 g/mol. The van der Waals surface area contributed by atoms with E-state index in [-0.39, 0.29) is 11.8 Å². The lowest BCUT2D eigenvalue weighted by molar-refractivity contribution is 0.568. The van der Waals surface area contributed by atoms with E-state index in [0.29, 0.717) is 0 Å². The van der Waals surface area contributed by atoms with Crippen molar-refractivity contribution in [2.24, 2.45) is 0 Å². The zero-order valence-corrected chi connectivity index (χ0v) is 11.1. The number of halogens is 1. The van der Waals surface area contributed by atoms with E-state index >= 15 is 0 Å². The van der Waals surface area contributed by atoms with Gasteiger partial charge in [0, 0.05) is 10.5 Å². The molecule has 1 aromatic carbocycles. The van der Waals surface area contributed by atoms with Crippen molar-refractivity contribution in [1.29, 1.82) is 0 Å². The second-order valence-corrected chi connectivity index (χ2v) is 6.16. The summed E-state index contributed by atoms with van der Waals surface area (Å²) in [4.78, 5) is 0. The van der Waals surface area contributed by atoms with Gasteiger partial charge in [0.25, 0.3) is 0 Å². The molecule has 1 aromatic rings. The fourth-order valence-electron chi connectivity index (χ4n) is 1.24. The minimum atomic E-state index is -3.15. The van der Waals surface area contributed by atoms with Gasteiger partial charge in [-0.15, -0.1) is 0 Å². The van der Waals surface area contributed by atoms with Crippen molar-refractivity contribution in [3.05, 3.63) is 34.3 Å². The van der Waals surface area contributed by atoms with Crippen molar-refractivity contribution in [3.63, 3.8) is 0 Å². The highest BCUT2D eigenvalue weighted by Crippen LogP contribution is 2.23. The maximum absolute atomic E-state index is 11.4. The first kappa shape index (κ1) is 12.7. The molecule has 1 rings (SSSR count). The number of hydrogen-bond donors (Lipinski definition) is 1. The average molecular weight is 292 g/mol. The molecule has 5 heteroatoms. The second-order valence-electron chi connectivity index (χ2n) is 3.26. The predicted molar refractivity (Wildman–Crippen MR) is 65.2 cm³/mol. The van der Waals surface area contributed by atoms with Crippen LogP contribution in [0.2, 0.25) is 0 Å². The summed E-state index contributed by atoms with van der Waals surface area (Å²) in [7, 11) is -3.15. The number of benzene rings is 1. The molecule has 0 spiro atoms. The molecule has 0 amide bonds. The Hall–Kier alpha value is -0.390. The Bertz CT molecular complexity index is 431. The first-order valence-electron chi connectivity index (χ1n) is 4.70. The van der Waals surface area contributed by atoms with Gasteiger partial charge in [-0.1, -0.05) is 34.1 Å². The normalized spacial score (nSPS) is 13.8. The molecular formula is C10H14BrNO2S. The van der Waals surface area contributed by atoms with Gasteiger partial charge in [-0.3, -0.25) is 0 Å². The summed E-state index contributed by atoms with van der Waals surface area (Å²) in [5.74, 6) is 0.0990. The summed E-state index contributed by atoms with van der Waals surface area (Å²) in [5.41, 5.74) is 0.939. The van der Waals surface area contributed by atoms with Crippen LogP contribution in [0.25, 0.3) is 0 Å². The van der Waals surface area contributed by atoms with Crippen LogP contribution in [0.3, 0.4) is 0 Å². The summed E-state index contributed by atoms with van der Waals surface area (Å²) in [6, 6.07) is 7.36. The van der Waals surface area contributed by atoms with Crippen molar-refractivity contribution in [3.8, 4) is 0 Å². The lowest BCUT2D eigenvalue weighted by atomic mass is 10.1. The maximum atomic E-state index is 11.4. The van der Waals surface area contributed by atoms with Gasteiger partial charge in [0.2, 0.25) is 10.0 Å². The standard InChI is InChI=1S/C10H14BrNO2S/c1-3-15(13,14)12-8(2)9-6-4-5-7-10(9)11/h4-8,12H,3H2,1-2H3. The second kappa shape index (κ2) is 5.09. The maximum Gasteiger partial charge on any atom is 0.211 e. The third-order valence-electron chi connectivity index (χ3n) is 2.11. The van der Waals surface area contributed by atoms with Crippen LogP contribution in [-0.2, 0) is 10.0 Å². The molecule has 84 valence electrons. The van der Waals surface area contributed by atoms with Crippen LogP contribution in [0.4, 0.5) is 0 Å². The van der Waals surface area contributed by atoms with E-state index in [1.165, 1.54) is 0 Å². The summed E-state index contributed by atoms with van der Waals surface area (Å²) < 4.78 is 26.3. The third kappa shape index (κ3) is 3.59. The van der Waals surface area contributed by atoms with Crippen LogP contribution >= 0.6 is 15.9 Å². The Morgan fingerprint density at radius 1 is 1.40 bits per heavy atom. The highest BCUT2D eigenvalue weighted by molar-refractivity contribution is 9.10. The predicted octanol–water partition coefficient (Wildman–Crippen LogP) is 2.45. The van der Waals surface area contributed by atoms with E-state index < -0.39 is 10.0 Å². The summed E-state index contributed by atoms with van der Waals surface area (Å²) >= 11 is 3.39. The van der Waals surface area contributed by atoms with Crippen molar-refractivity contribution in [1.82, 2.24) is 4.72 Å². The first-order chi connectivity index (χ1) is 6.96. The van der Waals surface area contributed by atoms with Crippen LogP contribution in [0, 0.1) is 0 Å². The third-order valence-corrected chi connectivity index (χ3v) is 4.30. The highest BCUT2D eigenvalue weighted by atomic mass is 79.9. The van der Waals surface area contributed by atoms with Crippen LogP contribution in [0.5, 0.6) is 0 Å². The molecule has 0 aromatic heterocycles. The Morgan fingerprint density at radius 2 is 2.00 bits per heavy atom. The molecule has 1 unspecified atom stereocenters. The van der Waals surface area contributed by atoms with E-state index in [0.717, 1.165) is 10.0 Å². The highest BCUT2D eigenvalue weighted by Gasteiger charge is 2.14. The van der Waals surface area contributed by atoms with Gasteiger partial charge in [-0.25, -0.2) is 13.1 Å². The van der Waals surface area contributed by atoms with Crippen molar-refractivity contribution >= 4 is 26.0 Å². The molecule has 15 heavy (non-hydrogen) atoms. The van der Waals surface area contributed by atoms with E-state index in [1.807, 2.05) is 31.2 Å². The lowest BCUT2D eigenvalue weighted by Gasteiger charge is -2.15. The summed E-state index contributed by atoms with van der Waals surface area (Å²) in [6.07, 6.45) is 0. The van der Waals surface area contributed by atoms with E-state index in [9.17, 15) is 8.42 Å². The van der Waals surface area contributed by atoms with E-state index in [1.54, 1.807) is 6.92 Å². The Balaban J connectivity index is 2.87. The topological polar surface area (TPSA) is 46.2 Å². The van der Waals surface area contributed by atoms with E-state index in [4.69, 9.17) is 0 Å². The van der Waals surface area contributed by atoms with Gasteiger partial charge in [-0.2, -0.15) is 0 Å². The molecule has 0 aliphatic carbocycles. The van der Waals surface area contributed by atoms with Crippen molar-refractivity contribution < 1.29 is 8.42 Å². The average Bonchev–Trinajstić information content (AvgIpc) is 2.17. The molecule has 1 atom stereocenters. The van der Waals surface area contributed by atoms with Crippen LogP contribution in [-0.4, -0.2) is 14.2 Å². The molecule has 0 heterocycles. The first-order valence-corrected chi connectivity index (χ1v) is 7.15. The van der Waals surface area contributed by atoms with Crippen LogP contribution < -0.4 is 4.72 Å². The summed E-state index contributed by atoms with van der Waals surface area (Å²) in [5, 5.41) is 0. The zero-order valence-electron chi connectivity index (χ0n) is 8.70. The molecule has 0 bridgehead atoms. The van der Waals surface area contributed by atoms with Crippen LogP contribution in [0.1, 0.15) is 25.5 Å². The molecule has 0 fully saturated rings. The molecule has 0 radical (unpaired) electrons. The van der Waals surface area contributed by atoms with Crippen molar-refractivity contribution in [2.45, 2.75) is 19.9 Å². The van der Waals surface area contributed by atoms with Gasteiger partial charge in [0.1, 0.15) is 0 Å². The Morgan fingerprint density at radius 3 is 2.53 bits per heavy atom. The number of hydrogen-bond acceptors (Lipinski definition) is 2. The Labute approximate surface area is 99.1 Å². The van der Waals surface area contributed by atoms with Crippen molar-refractivity contribution in [2.75, 3.05) is 5.75 Å². The van der Waals surface area contributed by atoms with Gasteiger partial charge < -0.3 is 0 Å². The lowest BCUT2D eigenvalue weighted by Crippen LogP contribution is -2.28. The van der Waals surface area contributed by atoms with Gasteiger partial charge >= 0.3 is 0 Å². The SMILES string of the molecule is CCS(=O)(=O)NC(C)c1ccccc1Br. The van der Waals surface area contributed by atoms with Crippen LogP contribution in [0.15, 0.2) is 28.7 Å². The Kier molecular flexibility index (Phi) is 4.31. The molecule has 0 aliphatic heterocycles.